The maximum atomic E-state index is 12.5. The number of carbonyl (C=O) groups excluding carboxylic acids is 2. The Kier molecular flexibility index (Phi) is 7.41. The van der Waals surface area contributed by atoms with Crippen LogP contribution in [0.25, 0.3) is 0 Å². The Balaban J connectivity index is 2.12. The summed E-state index contributed by atoms with van der Waals surface area (Å²) in [6.07, 6.45) is 1.39. The topological polar surface area (TPSA) is 81.2 Å². The summed E-state index contributed by atoms with van der Waals surface area (Å²) < 4.78 is 4.73. The minimum Gasteiger partial charge on any atom is -0.467 e. The van der Waals surface area contributed by atoms with Crippen LogP contribution in [0.1, 0.15) is 29.9 Å². The van der Waals surface area contributed by atoms with Crippen LogP contribution in [0.15, 0.2) is 41.7 Å². The van der Waals surface area contributed by atoms with Crippen molar-refractivity contribution >= 4 is 35.2 Å². The number of nitrogens with zero attached hydrogens (tertiary/aromatic N) is 2. The van der Waals surface area contributed by atoms with Gasteiger partial charge in [-0.05, 0) is 11.5 Å². The molecule has 0 saturated heterocycles. The van der Waals surface area contributed by atoms with Gasteiger partial charge in [0, 0.05) is 5.75 Å². The summed E-state index contributed by atoms with van der Waals surface area (Å²) in [6, 6.07) is 9.08. The summed E-state index contributed by atoms with van der Waals surface area (Å²) in [5.74, 6) is -0.528. The molecule has 1 unspecified atom stereocenters. The van der Waals surface area contributed by atoms with Crippen molar-refractivity contribution in [3.63, 3.8) is 0 Å². The van der Waals surface area contributed by atoms with Crippen LogP contribution in [0.3, 0.4) is 0 Å². The van der Waals surface area contributed by atoms with Crippen LogP contribution < -0.4 is 5.32 Å². The van der Waals surface area contributed by atoms with Crippen LogP contribution in [0.4, 0.5) is 0 Å². The molecular weight excluding hydrogens is 374 g/mol. The minimum atomic E-state index is -0.779. The van der Waals surface area contributed by atoms with E-state index in [0.29, 0.717) is 10.9 Å². The van der Waals surface area contributed by atoms with Gasteiger partial charge in [-0.2, -0.15) is 0 Å². The second-order valence-corrected chi connectivity index (χ2v) is 7.19. The Bertz CT molecular complexity index is 772. The third kappa shape index (κ3) is 5.44. The Morgan fingerprint density at radius 2 is 1.96 bits per heavy atom. The summed E-state index contributed by atoms with van der Waals surface area (Å²) in [5, 5.41) is 3.18. The Morgan fingerprint density at radius 3 is 2.58 bits per heavy atom. The van der Waals surface area contributed by atoms with Gasteiger partial charge in [-0.25, -0.2) is 14.8 Å². The Morgan fingerprint density at radius 1 is 1.27 bits per heavy atom. The van der Waals surface area contributed by atoms with E-state index in [9.17, 15) is 9.59 Å². The molecular formula is C18H20ClN3O3S. The molecule has 1 heterocycles. The molecule has 1 N–H and O–H groups in total. The summed E-state index contributed by atoms with van der Waals surface area (Å²) in [7, 11) is 1.28. The number of esters is 1. The van der Waals surface area contributed by atoms with E-state index >= 15 is 0 Å². The zero-order valence-electron chi connectivity index (χ0n) is 14.7. The number of rotatable bonds is 7. The SMILES string of the molecule is COC(=O)C(NC(=O)c1nc(SCc2ccccc2)ncc1Cl)C(C)C. The first-order chi connectivity index (χ1) is 12.4. The van der Waals surface area contributed by atoms with Crippen LogP contribution in [0.5, 0.6) is 0 Å². The molecule has 1 amide bonds. The van der Waals surface area contributed by atoms with Gasteiger partial charge in [0.25, 0.3) is 5.91 Å². The summed E-state index contributed by atoms with van der Waals surface area (Å²) >= 11 is 7.47. The molecule has 0 aliphatic rings. The van der Waals surface area contributed by atoms with Crippen molar-refractivity contribution in [2.75, 3.05) is 7.11 Å². The molecule has 1 aromatic heterocycles. The molecule has 0 radical (unpaired) electrons. The molecule has 6 nitrogen and oxygen atoms in total. The van der Waals surface area contributed by atoms with E-state index in [0.717, 1.165) is 5.56 Å². The molecule has 1 aromatic carbocycles. The molecule has 0 aliphatic heterocycles. The van der Waals surface area contributed by atoms with Gasteiger partial charge in [-0.15, -0.1) is 0 Å². The molecule has 0 fully saturated rings. The van der Waals surface area contributed by atoms with E-state index in [1.807, 2.05) is 44.2 Å². The quantitative estimate of drug-likeness (QED) is 0.441. The van der Waals surface area contributed by atoms with Gasteiger partial charge < -0.3 is 10.1 Å². The van der Waals surface area contributed by atoms with E-state index < -0.39 is 17.9 Å². The largest absolute Gasteiger partial charge is 0.467 e. The molecule has 2 aromatic rings. The number of ether oxygens (including phenoxy) is 1. The molecule has 0 saturated carbocycles. The van der Waals surface area contributed by atoms with Crippen molar-refractivity contribution in [2.24, 2.45) is 5.92 Å². The van der Waals surface area contributed by atoms with Crippen LogP contribution in [0.2, 0.25) is 5.02 Å². The van der Waals surface area contributed by atoms with E-state index in [4.69, 9.17) is 16.3 Å². The first kappa shape index (κ1) is 20.2. The van der Waals surface area contributed by atoms with E-state index in [1.165, 1.54) is 25.1 Å². The fourth-order valence-corrected chi connectivity index (χ4v) is 3.08. The minimum absolute atomic E-state index is 0.0341. The van der Waals surface area contributed by atoms with Crippen LogP contribution in [-0.2, 0) is 15.3 Å². The average Bonchev–Trinajstić information content (AvgIpc) is 2.65. The zero-order chi connectivity index (χ0) is 19.1. The number of benzene rings is 1. The molecule has 138 valence electrons. The van der Waals surface area contributed by atoms with Gasteiger partial charge in [0.15, 0.2) is 10.9 Å². The molecule has 26 heavy (non-hydrogen) atoms. The number of hydrogen-bond acceptors (Lipinski definition) is 6. The highest BCUT2D eigenvalue weighted by Gasteiger charge is 2.27. The van der Waals surface area contributed by atoms with Gasteiger partial charge in [0.2, 0.25) is 0 Å². The van der Waals surface area contributed by atoms with Gasteiger partial charge in [-0.3, -0.25) is 4.79 Å². The second kappa shape index (κ2) is 9.54. The summed E-state index contributed by atoms with van der Waals surface area (Å²) in [5.41, 5.74) is 1.15. The Labute approximate surface area is 161 Å². The predicted octanol–water partition coefficient (Wildman–Crippen LogP) is 3.35. The lowest BCUT2D eigenvalue weighted by atomic mass is 10.0. The molecule has 0 spiro atoms. The van der Waals surface area contributed by atoms with Gasteiger partial charge in [-0.1, -0.05) is 67.5 Å². The highest BCUT2D eigenvalue weighted by molar-refractivity contribution is 7.98. The van der Waals surface area contributed by atoms with Gasteiger partial charge >= 0.3 is 5.97 Å². The third-order valence-electron chi connectivity index (χ3n) is 3.56. The van der Waals surface area contributed by atoms with Crippen molar-refractivity contribution in [2.45, 2.75) is 30.8 Å². The predicted molar refractivity (Wildman–Crippen MR) is 101 cm³/mol. The first-order valence-electron chi connectivity index (χ1n) is 8.00. The number of carbonyl (C=O) groups is 2. The van der Waals surface area contributed by atoms with Crippen molar-refractivity contribution in [1.82, 2.24) is 15.3 Å². The van der Waals surface area contributed by atoms with Gasteiger partial charge in [0.1, 0.15) is 6.04 Å². The monoisotopic (exact) mass is 393 g/mol. The van der Waals surface area contributed by atoms with Crippen molar-refractivity contribution < 1.29 is 14.3 Å². The number of methoxy groups -OCH3 is 1. The molecule has 0 bridgehead atoms. The number of halogens is 1. The maximum Gasteiger partial charge on any atom is 0.328 e. The molecule has 0 aliphatic carbocycles. The third-order valence-corrected chi connectivity index (χ3v) is 4.77. The number of hydrogen-bond donors (Lipinski definition) is 1. The van der Waals surface area contributed by atoms with Crippen molar-refractivity contribution in [3.8, 4) is 0 Å². The number of amides is 1. The average molecular weight is 394 g/mol. The van der Waals surface area contributed by atoms with Crippen LogP contribution in [-0.4, -0.2) is 35.0 Å². The fraction of sp³-hybridized carbons (Fsp3) is 0.333. The standard InChI is InChI=1S/C18H20ClN3O3S/c1-11(2)14(17(24)25-3)21-16(23)15-13(19)9-20-18(22-15)26-10-12-7-5-4-6-8-12/h4-9,11,14H,10H2,1-3H3,(H,21,23). The van der Waals surface area contributed by atoms with Crippen molar-refractivity contribution in [1.29, 1.82) is 0 Å². The summed E-state index contributed by atoms with van der Waals surface area (Å²) in [6.45, 7) is 3.62. The highest BCUT2D eigenvalue weighted by atomic mass is 35.5. The van der Waals surface area contributed by atoms with Crippen LogP contribution >= 0.6 is 23.4 Å². The number of aromatic nitrogens is 2. The fourth-order valence-electron chi connectivity index (χ4n) is 2.14. The normalized spacial score (nSPS) is 11.9. The van der Waals surface area contributed by atoms with Crippen molar-refractivity contribution in [3.05, 3.63) is 52.8 Å². The molecule has 1 atom stereocenters. The Hall–Kier alpha value is -2.12. The lowest BCUT2D eigenvalue weighted by Gasteiger charge is -2.19. The molecule has 8 heteroatoms. The molecule has 2 rings (SSSR count). The first-order valence-corrected chi connectivity index (χ1v) is 9.36. The van der Waals surface area contributed by atoms with E-state index in [-0.39, 0.29) is 16.6 Å². The maximum absolute atomic E-state index is 12.5. The highest BCUT2D eigenvalue weighted by Crippen LogP contribution is 2.22. The lowest BCUT2D eigenvalue weighted by Crippen LogP contribution is -2.45. The lowest BCUT2D eigenvalue weighted by molar-refractivity contribution is -0.144. The second-order valence-electron chi connectivity index (χ2n) is 5.84. The number of thioether (sulfide) groups is 1. The smallest absolute Gasteiger partial charge is 0.328 e. The number of nitrogens with one attached hydrogen (secondary N) is 1. The van der Waals surface area contributed by atoms with Crippen LogP contribution in [0, 0.1) is 5.92 Å². The van der Waals surface area contributed by atoms with E-state index in [1.54, 1.807) is 0 Å². The summed E-state index contributed by atoms with van der Waals surface area (Å²) in [4.78, 5) is 32.7. The van der Waals surface area contributed by atoms with E-state index in [2.05, 4.69) is 15.3 Å². The van der Waals surface area contributed by atoms with Gasteiger partial charge in [0.05, 0.1) is 18.3 Å². The zero-order valence-corrected chi connectivity index (χ0v) is 16.3.